The second kappa shape index (κ2) is 10.3. The first-order chi connectivity index (χ1) is 15.8. The minimum atomic E-state index is -3.75. The Hall–Kier alpha value is -2.34. The largest absolute Gasteiger partial charge is 0.492 e. The molecule has 4 N–H and O–H groups in total. The lowest BCUT2D eigenvalue weighted by atomic mass is 10.1. The fourth-order valence-corrected chi connectivity index (χ4v) is 5.62. The minimum absolute atomic E-state index is 0.158. The van der Waals surface area contributed by atoms with Crippen molar-refractivity contribution < 1.29 is 18.3 Å². The van der Waals surface area contributed by atoms with Crippen LogP contribution in [0.5, 0.6) is 5.75 Å². The average molecular weight is 527 g/mol. The van der Waals surface area contributed by atoms with Gasteiger partial charge in [0.25, 0.3) is 10.0 Å². The van der Waals surface area contributed by atoms with E-state index in [0.717, 1.165) is 10.9 Å². The zero-order chi connectivity index (χ0) is 23.4. The third-order valence-electron chi connectivity index (χ3n) is 4.80. The van der Waals surface area contributed by atoms with Crippen molar-refractivity contribution in [1.82, 2.24) is 15.5 Å². The number of anilines is 1. The first-order valence-corrected chi connectivity index (χ1v) is 13.0. The van der Waals surface area contributed by atoms with Gasteiger partial charge in [-0.3, -0.25) is 9.82 Å². The van der Waals surface area contributed by atoms with Crippen LogP contribution in [0.1, 0.15) is 11.7 Å². The Bertz CT molecular complexity index is 1340. The highest BCUT2D eigenvalue weighted by Gasteiger charge is 2.18. The fourth-order valence-electron chi connectivity index (χ4n) is 3.09. The predicted octanol–water partition coefficient (Wildman–Crippen LogP) is 4.43. The number of fused-ring (bicyclic) bond motifs is 1. The lowest BCUT2D eigenvalue weighted by Crippen LogP contribution is -2.26. The molecule has 1 atom stereocenters. The summed E-state index contributed by atoms with van der Waals surface area (Å²) < 4.78 is 33.1. The summed E-state index contributed by atoms with van der Waals surface area (Å²) in [5.41, 5.74) is 1.52. The summed E-state index contributed by atoms with van der Waals surface area (Å²) in [6, 6.07) is 11.7. The molecule has 0 spiro atoms. The van der Waals surface area contributed by atoms with E-state index in [1.54, 1.807) is 17.5 Å². The van der Waals surface area contributed by atoms with Crippen molar-refractivity contribution in [3.05, 3.63) is 69.0 Å². The van der Waals surface area contributed by atoms with Crippen LogP contribution >= 0.6 is 34.5 Å². The van der Waals surface area contributed by atoms with E-state index in [2.05, 4.69) is 20.2 Å². The SMILES string of the molecule is O=S(=O)(Nc1cc([C@@H](O)CNCCOc2ccc3c(Cl)n[nH]c3c2)ccc1Cl)c1ccsc1. The number of aromatic nitrogens is 2. The molecule has 2 heterocycles. The van der Waals surface area contributed by atoms with E-state index in [1.807, 2.05) is 18.2 Å². The third-order valence-corrected chi connectivity index (χ3v) is 7.61. The highest BCUT2D eigenvalue weighted by atomic mass is 35.5. The third kappa shape index (κ3) is 5.78. The summed E-state index contributed by atoms with van der Waals surface area (Å²) >= 11 is 13.4. The summed E-state index contributed by atoms with van der Waals surface area (Å²) in [6.45, 7) is 1.12. The van der Waals surface area contributed by atoms with Crippen molar-refractivity contribution in [2.45, 2.75) is 11.0 Å². The summed E-state index contributed by atoms with van der Waals surface area (Å²) in [5, 5.41) is 25.1. The summed E-state index contributed by atoms with van der Waals surface area (Å²) in [4.78, 5) is 0.158. The van der Waals surface area contributed by atoms with E-state index >= 15 is 0 Å². The molecule has 0 radical (unpaired) electrons. The molecule has 0 saturated heterocycles. The molecule has 8 nitrogen and oxygen atoms in total. The Morgan fingerprint density at radius 2 is 2.03 bits per heavy atom. The number of rotatable bonds is 10. The predicted molar refractivity (Wildman–Crippen MR) is 131 cm³/mol. The monoisotopic (exact) mass is 526 g/mol. The Labute approximate surface area is 204 Å². The molecule has 0 fully saturated rings. The molecule has 174 valence electrons. The number of halogens is 2. The maximum Gasteiger partial charge on any atom is 0.262 e. The van der Waals surface area contributed by atoms with E-state index in [4.69, 9.17) is 27.9 Å². The molecule has 0 aliphatic heterocycles. The topological polar surface area (TPSA) is 116 Å². The number of aliphatic hydroxyl groups excluding tert-OH is 1. The van der Waals surface area contributed by atoms with E-state index in [9.17, 15) is 13.5 Å². The second-order valence-electron chi connectivity index (χ2n) is 7.09. The van der Waals surface area contributed by atoms with Crippen LogP contribution in [0.25, 0.3) is 10.9 Å². The van der Waals surface area contributed by atoms with Crippen molar-refractivity contribution in [1.29, 1.82) is 0 Å². The van der Waals surface area contributed by atoms with Gasteiger partial charge in [0.1, 0.15) is 12.4 Å². The quantitative estimate of drug-likeness (QED) is 0.227. The van der Waals surface area contributed by atoms with Crippen LogP contribution in [0.4, 0.5) is 5.69 Å². The fraction of sp³-hybridized carbons (Fsp3) is 0.190. The Kier molecular flexibility index (Phi) is 7.42. The van der Waals surface area contributed by atoms with Gasteiger partial charge in [0.05, 0.1) is 27.2 Å². The Balaban J connectivity index is 1.29. The average Bonchev–Trinajstić information content (AvgIpc) is 3.46. The maximum absolute atomic E-state index is 12.5. The number of ether oxygens (including phenoxy) is 1. The number of nitrogens with one attached hydrogen (secondary N) is 3. The molecule has 0 bridgehead atoms. The van der Waals surface area contributed by atoms with Crippen LogP contribution in [0.3, 0.4) is 0 Å². The molecule has 0 amide bonds. The van der Waals surface area contributed by atoms with Gasteiger partial charge in [-0.2, -0.15) is 16.4 Å². The normalized spacial score (nSPS) is 12.7. The molecule has 0 unspecified atom stereocenters. The molecular weight excluding hydrogens is 507 g/mol. The van der Waals surface area contributed by atoms with Gasteiger partial charge in [-0.15, -0.1) is 0 Å². The number of benzene rings is 2. The van der Waals surface area contributed by atoms with Gasteiger partial charge in [0.2, 0.25) is 0 Å². The van der Waals surface area contributed by atoms with Gasteiger partial charge in [-0.1, -0.05) is 29.3 Å². The van der Waals surface area contributed by atoms with Crippen LogP contribution < -0.4 is 14.8 Å². The number of H-pyrrole nitrogens is 1. The van der Waals surface area contributed by atoms with E-state index in [1.165, 1.54) is 28.8 Å². The van der Waals surface area contributed by atoms with E-state index in [-0.39, 0.29) is 22.2 Å². The molecule has 0 saturated carbocycles. The van der Waals surface area contributed by atoms with Crippen molar-refractivity contribution in [3.8, 4) is 5.75 Å². The lowest BCUT2D eigenvalue weighted by Gasteiger charge is -2.15. The van der Waals surface area contributed by atoms with Crippen molar-refractivity contribution in [2.24, 2.45) is 0 Å². The minimum Gasteiger partial charge on any atom is -0.492 e. The zero-order valence-corrected chi connectivity index (χ0v) is 20.2. The number of thiophene rings is 1. The van der Waals surface area contributed by atoms with Gasteiger partial charge in [0.15, 0.2) is 5.15 Å². The van der Waals surface area contributed by atoms with Gasteiger partial charge < -0.3 is 15.2 Å². The van der Waals surface area contributed by atoms with Gasteiger partial charge in [-0.05, 0) is 41.3 Å². The second-order valence-corrected chi connectivity index (χ2v) is 10.3. The van der Waals surface area contributed by atoms with Crippen molar-refractivity contribution >= 4 is 61.2 Å². The first kappa shape index (κ1) is 23.8. The number of nitrogens with zero attached hydrogens (tertiary/aromatic N) is 1. The number of hydrogen-bond donors (Lipinski definition) is 4. The molecule has 2 aromatic heterocycles. The smallest absolute Gasteiger partial charge is 0.262 e. The molecule has 4 rings (SSSR count). The van der Waals surface area contributed by atoms with Crippen molar-refractivity contribution in [2.75, 3.05) is 24.4 Å². The van der Waals surface area contributed by atoms with Gasteiger partial charge in [0, 0.05) is 29.9 Å². The number of aliphatic hydroxyl groups is 1. The molecule has 33 heavy (non-hydrogen) atoms. The van der Waals surface area contributed by atoms with Crippen molar-refractivity contribution in [3.63, 3.8) is 0 Å². The van der Waals surface area contributed by atoms with Crippen LogP contribution in [-0.2, 0) is 10.0 Å². The Morgan fingerprint density at radius 1 is 1.18 bits per heavy atom. The molecular formula is C21H20Cl2N4O4S2. The van der Waals surface area contributed by atoms with Crippen LogP contribution in [0.15, 0.2) is 58.1 Å². The zero-order valence-electron chi connectivity index (χ0n) is 17.1. The molecule has 12 heteroatoms. The standard InChI is InChI=1S/C21H20Cl2N4O4S2/c22-17-4-1-13(9-19(17)27-33(29,30)15-5-8-32-12-15)20(28)11-24-6-7-31-14-2-3-16-18(10-14)25-26-21(16)23/h1-5,8-10,12,20,24,27-28H,6-7,11H2,(H,25,26)/t20-/m0/s1. The number of sulfonamides is 1. The van der Waals surface area contributed by atoms with Gasteiger partial charge >= 0.3 is 0 Å². The van der Waals surface area contributed by atoms with E-state index < -0.39 is 16.1 Å². The summed E-state index contributed by atoms with van der Waals surface area (Å²) in [7, 11) is -3.75. The maximum atomic E-state index is 12.5. The van der Waals surface area contributed by atoms with Crippen LogP contribution in [0.2, 0.25) is 10.2 Å². The van der Waals surface area contributed by atoms with Crippen LogP contribution in [0, 0.1) is 0 Å². The Morgan fingerprint density at radius 3 is 2.82 bits per heavy atom. The molecule has 0 aliphatic rings. The van der Waals surface area contributed by atoms with Crippen LogP contribution in [-0.4, -0.2) is 43.4 Å². The number of hydrogen-bond acceptors (Lipinski definition) is 7. The molecule has 2 aromatic carbocycles. The van der Waals surface area contributed by atoms with E-state index in [0.29, 0.717) is 29.6 Å². The van der Waals surface area contributed by atoms with Gasteiger partial charge in [-0.25, -0.2) is 8.42 Å². The molecule has 0 aliphatic carbocycles. The molecule has 4 aromatic rings. The lowest BCUT2D eigenvalue weighted by molar-refractivity contribution is 0.172. The first-order valence-electron chi connectivity index (χ1n) is 9.83. The number of aromatic amines is 1. The highest BCUT2D eigenvalue weighted by Crippen LogP contribution is 2.29. The summed E-state index contributed by atoms with van der Waals surface area (Å²) in [6.07, 6.45) is -0.866. The summed E-state index contributed by atoms with van der Waals surface area (Å²) in [5.74, 6) is 0.672. The highest BCUT2D eigenvalue weighted by molar-refractivity contribution is 7.92.